The summed E-state index contributed by atoms with van der Waals surface area (Å²) in [7, 11) is 0. The first-order chi connectivity index (χ1) is 10.8. The summed E-state index contributed by atoms with van der Waals surface area (Å²) in [6.45, 7) is 0. The third-order valence-corrected chi connectivity index (χ3v) is 5.67. The lowest BCUT2D eigenvalue weighted by Gasteiger charge is -2.14. The molecule has 5 nitrogen and oxygen atoms in total. The van der Waals surface area contributed by atoms with Crippen LogP contribution in [0.25, 0.3) is 0 Å². The molecule has 0 radical (unpaired) electrons. The van der Waals surface area contributed by atoms with Crippen molar-refractivity contribution in [3.05, 3.63) is 46.6 Å². The maximum absolute atomic E-state index is 10.9. The number of ether oxygens (including phenoxy) is 1. The van der Waals surface area contributed by atoms with Gasteiger partial charge in [-0.3, -0.25) is 4.79 Å². The average molecular weight is 651 g/mol. The maximum atomic E-state index is 10.9. The summed E-state index contributed by atoms with van der Waals surface area (Å²) in [4.78, 5) is 10.9. The molecule has 8 heteroatoms. The average Bonchev–Trinajstić information content (AvgIpc) is 2.47. The standard InChI is InChI=1S/C15H12I3NO4/c16-8-4-7(6-10(19)15(21)22)5-9(17)14(8)23-12-3-1-2-11(20)13(12)18/h1-5,10,20H,6,19H2,(H,21,22)/t10-/m1/s1. The van der Waals surface area contributed by atoms with E-state index in [1.807, 2.05) is 34.7 Å². The van der Waals surface area contributed by atoms with Crippen LogP contribution in [0.3, 0.4) is 0 Å². The highest BCUT2D eigenvalue weighted by molar-refractivity contribution is 14.1. The normalized spacial score (nSPS) is 12.0. The highest BCUT2D eigenvalue weighted by Crippen LogP contribution is 2.37. The summed E-state index contributed by atoms with van der Waals surface area (Å²) in [5.41, 5.74) is 6.42. The molecule has 0 aliphatic rings. The van der Waals surface area contributed by atoms with Crippen molar-refractivity contribution in [3.8, 4) is 17.2 Å². The highest BCUT2D eigenvalue weighted by Gasteiger charge is 2.17. The summed E-state index contributed by atoms with van der Waals surface area (Å²) in [5.74, 6) is 0.376. The predicted molar refractivity (Wildman–Crippen MR) is 112 cm³/mol. The van der Waals surface area contributed by atoms with Gasteiger partial charge in [0.05, 0.1) is 10.7 Å². The van der Waals surface area contributed by atoms with Crippen LogP contribution in [0.4, 0.5) is 0 Å². The Hall–Kier alpha value is -0.340. The fourth-order valence-electron chi connectivity index (χ4n) is 1.86. The molecular weight excluding hydrogens is 639 g/mol. The fourth-order valence-corrected chi connectivity index (χ4v) is 4.44. The lowest BCUT2D eigenvalue weighted by Crippen LogP contribution is -2.32. The lowest BCUT2D eigenvalue weighted by molar-refractivity contribution is -0.138. The minimum absolute atomic E-state index is 0.164. The smallest absolute Gasteiger partial charge is 0.320 e. The van der Waals surface area contributed by atoms with E-state index in [1.165, 1.54) is 0 Å². The minimum Gasteiger partial charge on any atom is -0.507 e. The van der Waals surface area contributed by atoms with Crippen molar-refractivity contribution < 1.29 is 19.7 Å². The SMILES string of the molecule is N[C@H](Cc1cc(I)c(Oc2cccc(O)c2I)c(I)c1)C(=O)O. The fraction of sp³-hybridized carbons (Fsp3) is 0.133. The Kier molecular flexibility index (Phi) is 6.74. The van der Waals surface area contributed by atoms with Gasteiger partial charge in [0.25, 0.3) is 0 Å². The Bertz CT molecular complexity index is 728. The number of phenols is 1. The lowest BCUT2D eigenvalue weighted by atomic mass is 10.1. The number of rotatable bonds is 5. The Morgan fingerprint density at radius 1 is 1.22 bits per heavy atom. The van der Waals surface area contributed by atoms with Crippen molar-refractivity contribution in [2.45, 2.75) is 12.5 Å². The van der Waals surface area contributed by atoms with E-state index in [1.54, 1.807) is 18.2 Å². The molecule has 2 aromatic rings. The van der Waals surface area contributed by atoms with Crippen LogP contribution >= 0.6 is 67.8 Å². The quantitative estimate of drug-likeness (QED) is 0.427. The molecule has 0 aliphatic heterocycles. The Morgan fingerprint density at radius 3 is 2.39 bits per heavy atom. The van der Waals surface area contributed by atoms with E-state index in [2.05, 4.69) is 45.2 Å². The Labute approximate surface area is 174 Å². The van der Waals surface area contributed by atoms with Crippen molar-refractivity contribution in [1.82, 2.24) is 0 Å². The van der Waals surface area contributed by atoms with Gasteiger partial charge in [-0.1, -0.05) is 6.07 Å². The van der Waals surface area contributed by atoms with Crippen LogP contribution in [0.1, 0.15) is 5.56 Å². The van der Waals surface area contributed by atoms with Gasteiger partial charge >= 0.3 is 5.97 Å². The summed E-state index contributed by atoms with van der Waals surface area (Å²) in [6.07, 6.45) is 0.255. The van der Waals surface area contributed by atoms with Crippen LogP contribution in [-0.4, -0.2) is 22.2 Å². The first kappa shape index (κ1) is 19.0. The highest BCUT2D eigenvalue weighted by atomic mass is 127. The molecule has 1 atom stereocenters. The number of hydrogen-bond acceptors (Lipinski definition) is 4. The van der Waals surface area contributed by atoms with Crippen LogP contribution in [0.2, 0.25) is 0 Å². The van der Waals surface area contributed by atoms with Crippen LogP contribution in [-0.2, 0) is 11.2 Å². The van der Waals surface area contributed by atoms with E-state index in [0.717, 1.165) is 12.7 Å². The molecule has 0 fully saturated rings. The Balaban J connectivity index is 2.30. The van der Waals surface area contributed by atoms with Crippen molar-refractivity contribution in [2.24, 2.45) is 5.73 Å². The topological polar surface area (TPSA) is 92.8 Å². The third kappa shape index (κ3) is 4.82. The van der Waals surface area contributed by atoms with Gasteiger partial charge in [0, 0.05) is 0 Å². The second kappa shape index (κ2) is 8.16. The number of benzene rings is 2. The first-order valence-electron chi connectivity index (χ1n) is 6.41. The summed E-state index contributed by atoms with van der Waals surface area (Å²) < 4.78 is 8.26. The van der Waals surface area contributed by atoms with Gasteiger partial charge in [0.15, 0.2) is 5.75 Å². The number of carbonyl (C=O) groups is 1. The predicted octanol–water partition coefficient (Wildman–Crippen LogP) is 3.95. The number of carboxylic acid groups (broad SMARTS) is 1. The molecule has 122 valence electrons. The zero-order valence-electron chi connectivity index (χ0n) is 11.6. The van der Waals surface area contributed by atoms with Crippen LogP contribution in [0.5, 0.6) is 17.2 Å². The maximum Gasteiger partial charge on any atom is 0.320 e. The van der Waals surface area contributed by atoms with Crippen molar-refractivity contribution in [3.63, 3.8) is 0 Å². The van der Waals surface area contributed by atoms with Crippen LogP contribution in [0.15, 0.2) is 30.3 Å². The molecule has 4 N–H and O–H groups in total. The van der Waals surface area contributed by atoms with Gasteiger partial charge in [0.1, 0.15) is 17.5 Å². The summed E-state index contributed by atoms with van der Waals surface area (Å²) in [6, 6.07) is 7.88. The van der Waals surface area contributed by atoms with Gasteiger partial charge in [0.2, 0.25) is 0 Å². The largest absolute Gasteiger partial charge is 0.507 e. The van der Waals surface area contributed by atoms with Gasteiger partial charge in [-0.25, -0.2) is 0 Å². The number of carboxylic acids is 1. The van der Waals surface area contributed by atoms with E-state index >= 15 is 0 Å². The minimum atomic E-state index is -1.02. The van der Waals surface area contributed by atoms with Crippen molar-refractivity contribution >= 4 is 73.7 Å². The molecule has 23 heavy (non-hydrogen) atoms. The monoisotopic (exact) mass is 651 g/mol. The van der Waals surface area contributed by atoms with Crippen LogP contribution < -0.4 is 10.5 Å². The molecule has 2 aromatic carbocycles. The van der Waals surface area contributed by atoms with Crippen molar-refractivity contribution in [2.75, 3.05) is 0 Å². The number of aromatic hydroxyl groups is 1. The Morgan fingerprint density at radius 2 is 1.83 bits per heavy atom. The number of halogens is 3. The zero-order valence-corrected chi connectivity index (χ0v) is 18.1. The number of phenolic OH excluding ortho intramolecular Hbond substituents is 1. The summed E-state index contributed by atoms with van der Waals surface area (Å²) in [5, 5.41) is 18.7. The van der Waals surface area contributed by atoms with E-state index in [0.29, 0.717) is 15.1 Å². The second-order valence-corrected chi connectivity index (χ2v) is 8.13. The molecule has 0 saturated heterocycles. The van der Waals surface area contributed by atoms with E-state index in [-0.39, 0.29) is 12.2 Å². The molecule has 0 unspecified atom stereocenters. The molecule has 0 spiro atoms. The molecule has 0 bridgehead atoms. The van der Waals surface area contributed by atoms with Gasteiger partial charge in [-0.2, -0.15) is 0 Å². The second-order valence-electron chi connectivity index (χ2n) is 4.73. The first-order valence-corrected chi connectivity index (χ1v) is 9.65. The molecule has 0 aromatic heterocycles. The number of hydrogen-bond donors (Lipinski definition) is 3. The number of nitrogens with two attached hydrogens (primary N) is 1. The zero-order chi connectivity index (χ0) is 17.1. The molecule has 0 saturated carbocycles. The summed E-state index contributed by atoms with van der Waals surface area (Å²) >= 11 is 6.30. The van der Waals surface area contributed by atoms with E-state index < -0.39 is 12.0 Å². The molecule has 0 heterocycles. The van der Waals surface area contributed by atoms with Gasteiger partial charge in [-0.15, -0.1) is 0 Å². The molecular formula is C15H12I3NO4. The van der Waals surface area contributed by atoms with E-state index in [9.17, 15) is 9.90 Å². The molecule has 2 rings (SSSR count). The van der Waals surface area contributed by atoms with Crippen molar-refractivity contribution in [1.29, 1.82) is 0 Å². The van der Waals surface area contributed by atoms with E-state index in [4.69, 9.17) is 15.6 Å². The van der Waals surface area contributed by atoms with Gasteiger partial charge in [-0.05, 0) is 104 Å². The van der Waals surface area contributed by atoms with Crippen LogP contribution in [0, 0.1) is 10.7 Å². The van der Waals surface area contributed by atoms with Gasteiger partial charge < -0.3 is 20.7 Å². The molecule has 0 aliphatic carbocycles. The third-order valence-electron chi connectivity index (χ3n) is 2.99. The molecule has 0 amide bonds. The number of aliphatic carboxylic acids is 1.